The van der Waals surface area contributed by atoms with Crippen LogP contribution in [0.4, 0.5) is 0 Å². The largest absolute Gasteiger partial charge is 0.464 e. The monoisotopic (exact) mass is 482 g/mol. The number of hydrogen-bond acceptors (Lipinski definition) is 5. The van der Waals surface area contributed by atoms with Crippen LogP contribution in [-0.2, 0) is 0 Å². The zero-order chi connectivity index (χ0) is 20.2. The first-order chi connectivity index (χ1) is 14.7. The molecule has 3 aliphatic rings. The molecule has 3 heterocycles. The highest BCUT2D eigenvalue weighted by Gasteiger charge is 2.41. The van der Waals surface area contributed by atoms with Gasteiger partial charge in [0.15, 0.2) is 11.5 Å². The van der Waals surface area contributed by atoms with E-state index in [2.05, 4.69) is 28.1 Å². The summed E-state index contributed by atoms with van der Waals surface area (Å²) in [4.78, 5) is 0. The molecule has 0 spiro atoms. The summed E-state index contributed by atoms with van der Waals surface area (Å²) in [6.45, 7) is 0.240. The molecule has 0 aromatic heterocycles. The molecule has 0 aliphatic carbocycles. The van der Waals surface area contributed by atoms with Crippen molar-refractivity contribution >= 4 is 33.2 Å². The first kappa shape index (κ1) is 18.1. The van der Waals surface area contributed by atoms with Crippen molar-refractivity contribution in [1.29, 1.82) is 0 Å². The van der Waals surface area contributed by atoms with Crippen molar-refractivity contribution in [1.82, 2.24) is 5.01 Å². The summed E-state index contributed by atoms with van der Waals surface area (Å²) in [5.41, 5.74) is 4.14. The Kier molecular flexibility index (Phi) is 4.18. The Balaban J connectivity index is 1.45. The summed E-state index contributed by atoms with van der Waals surface area (Å²) in [5.74, 6) is 2.31. The van der Waals surface area contributed by atoms with E-state index in [1.54, 1.807) is 0 Å². The summed E-state index contributed by atoms with van der Waals surface area (Å²) in [5, 5.41) is 7.71. The Hall–Kier alpha value is -2.70. The van der Waals surface area contributed by atoms with E-state index in [4.69, 9.17) is 30.9 Å². The molecule has 0 bridgehead atoms. The van der Waals surface area contributed by atoms with E-state index < -0.39 is 0 Å². The summed E-state index contributed by atoms with van der Waals surface area (Å²) >= 11 is 9.81. The van der Waals surface area contributed by atoms with E-state index in [9.17, 15) is 0 Å². The van der Waals surface area contributed by atoms with Crippen LogP contribution in [-0.4, -0.2) is 17.5 Å². The van der Waals surface area contributed by atoms with Crippen molar-refractivity contribution in [2.75, 3.05) is 6.79 Å². The van der Waals surface area contributed by atoms with Crippen LogP contribution in [0.3, 0.4) is 0 Å². The third-order valence-corrected chi connectivity index (χ3v) is 6.37. The van der Waals surface area contributed by atoms with Crippen LogP contribution in [0.5, 0.6) is 17.2 Å². The molecule has 150 valence electrons. The number of hydrogen-bond donors (Lipinski definition) is 0. The Morgan fingerprint density at radius 3 is 2.60 bits per heavy atom. The quantitative estimate of drug-likeness (QED) is 0.443. The summed E-state index contributed by atoms with van der Waals surface area (Å²) in [7, 11) is 0. The van der Waals surface area contributed by atoms with E-state index in [1.165, 1.54) is 0 Å². The van der Waals surface area contributed by atoms with Gasteiger partial charge in [0.25, 0.3) is 0 Å². The number of rotatable bonds is 2. The van der Waals surface area contributed by atoms with Gasteiger partial charge in [0.05, 0.1) is 11.8 Å². The average Bonchev–Trinajstić information content (AvgIpc) is 3.40. The van der Waals surface area contributed by atoms with E-state index in [0.717, 1.165) is 50.5 Å². The lowest BCUT2D eigenvalue weighted by atomic mass is 9.96. The molecule has 7 heteroatoms. The summed E-state index contributed by atoms with van der Waals surface area (Å²) in [6, 6.07) is 19.9. The predicted molar refractivity (Wildman–Crippen MR) is 117 cm³/mol. The second-order valence-electron chi connectivity index (χ2n) is 7.42. The van der Waals surface area contributed by atoms with Gasteiger partial charge in [-0.2, -0.15) is 5.10 Å². The average molecular weight is 484 g/mol. The van der Waals surface area contributed by atoms with E-state index in [1.807, 2.05) is 53.5 Å². The van der Waals surface area contributed by atoms with Gasteiger partial charge in [-0.15, -0.1) is 0 Å². The van der Waals surface area contributed by atoms with Crippen LogP contribution in [0.15, 0.2) is 70.2 Å². The minimum Gasteiger partial charge on any atom is -0.464 e. The minimum atomic E-state index is -0.369. The first-order valence-corrected chi connectivity index (χ1v) is 10.8. The van der Waals surface area contributed by atoms with E-state index in [0.29, 0.717) is 5.02 Å². The number of benzene rings is 3. The maximum absolute atomic E-state index is 6.41. The van der Waals surface area contributed by atoms with Gasteiger partial charge in [0.2, 0.25) is 13.0 Å². The second kappa shape index (κ2) is 6.93. The smallest absolute Gasteiger partial charge is 0.231 e. The summed E-state index contributed by atoms with van der Waals surface area (Å²) < 4.78 is 18.5. The highest BCUT2D eigenvalue weighted by molar-refractivity contribution is 9.10. The van der Waals surface area contributed by atoms with Gasteiger partial charge in [0.1, 0.15) is 5.75 Å². The topological polar surface area (TPSA) is 43.3 Å². The second-order valence-corrected chi connectivity index (χ2v) is 8.77. The third-order valence-electron chi connectivity index (χ3n) is 5.61. The van der Waals surface area contributed by atoms with Gasteiger partial charge in [-0.05, 0) is 54.1 Å². The zero-order valence-electron chi connectivity index (χ0n) is 15.7. The molecule has 0 amide bonds. The number of halogens is 2. The number of fused-ring (bicyclic) bond motifs is 4. The zero-order valence-corrected chi connectivity index (χ0v) is 18.1. The molecule has 0 fully saturated rings. The number of hydrazone groups is 1. The highest BCUT2D eigenvalue weighted by Crippen LogP contribution is 2.49. The Bertz CT molecular complexity index is 1180. The van der Waals surface area contributed by atoms with Crippen LogP contribution in [0.2, 0.25) is 5.02 Å². The normalized spacial score (nSPS) is 21.0. The number of ether oxygens (including phenoxy) is 3. The maximum atomic E-state index is 6.41. The van der Waals surface area contributed by atoms with Crippen molar-refractivity contribution in [3.63, 3.8) is 0 Å². The predicted octanol–water partition coefficient (Wildman–Crippen LogP) is 6.07. The van der Waals surface area contributed by atoms with Gasteiger partial charge in [0, 0.05) is 27.0 Å². The fraction of sp³-hybridized carbons (Fsp3) is 0.174. The molecule has 0 unspecified atom stereocenters. The molecular weight excluding hydrogens is 468 g/mol. The Labute approximate surface area is 186 Å². The molecule has 2 atom stereocenters. The number of nitrogens with zero attached hydrogens (tertiary/aromatic N) is 2. The molecular formula is C23H16BrClN2O3. The molecule has 0 saturated heterocycles. The fourth-order valence-corrected chi connectivity index (χ4v) is 4.61. The molecule has 3 aromatic carbocycles. The standard InChI is InChI=1S/C23H16BrClN2O3/c24-15-4-1-13(2-5-15)18-11-19-17-10-16(25)6-8-20(17)30-23(27(19)26-18)14-3-7-21-22(9-14)29-12-28-21/h1-10,19,23H,11-12H2/t19-,23-/m1/s1. The fourth-order valence-electron chi connectivity index (χ4n) is 4.16. The lowest BCUT2D eigenvalue weighted by Gasteiger charge is -2.38. The van der Waals surface area contributed by atoms with Crippen molar-refractivity contribution in [3.8, 4) is 17.2 Å². The van der Waals surface area contributed by atoms with Crippen LogP contribution in [0.1, 0.15) is 35.4 Å². The lowest BCUT2D eigenvalue weighted by Crippen LogP contribution is -2.33. The maximum Gasteiger partial charge on any atom is 0.231 e. The molecule has 3 aliphatic heterocycles. The van der Waals surface area contributed by atoms with Gasteiger partial charge in [-0.1, -0.05) is 39.7 Å². The lowest BCUT2D eigenvalue weighted by molar-refractivity contribution is -0.0191. The summed E-state index contributed by atoms with van der Waals surface area (Å²) in [6.07, 6.45) is 0.408. The van der Waals surface area contributed by atoms with Crippen molar-refractivity contribution < 1.29 is 14.2 Å². The Morgan fingerprint density at radius 2 is 1.73 bits per heavy atom. The minimum absolute atomic E-state index is 0.0431. The van der Waals surface area contributed by atoms with E-state index >= 15 is 0 Å². The van der Waals surface area contributed by atoms with Crippen LogP contribution in [0.25, 0.3) is 0 Å². The molecule has 30 heavy (non-hydrogen) atoms. The van der Waals surface area contributed by atoms with Crippen LogP contribution >= 0.6 is 27.5 Å². The van der Waals surface area contributed by atoms with Crippen LogP contribution < -0.4 is 14.2 Å². The van der Waals surface area contributed by atoms with Gasteiger partial charge < -0.3 is 14.2 Å². The molecule has 3 aromatic rings. The van der Waals surface area contributed by atoms with Gasteiger partial charge in [-0.25, -0.2) is 5.01 Å². The van der Waals surface area contributed by atoms with Crippen molar-refractivity contribution in [2.24, 2.45) is 5.10 Å². The third kappa shape index (κ3) is 2.94. The molecule has 0 N–H and O–H groups in total. The molecule has 5 nitrogen and oxygen atoms in total. The van der Waals surface area contributed by atoms with E-state index in [-0.39, 0.29) is 19.1 Å². The molecule has 6 rings (SSSR count). The highest BCUT2D eigenvalue weighted by atomic mass is 79.9. The van der Waals surface area contributed by atoms with Gasteiger partial charge >= 0.3 is 0 Å². The van der Waals surface area contributed by atoms with Crippen molar-refractivity contribution in [2.45, 2.75) is 18.7 Å². The SMILES string of the molecule is Clc1ccc2c(c1)[C@H]1CC(c3ccc(Br)cc3)=NN1[C@@H](c1ccc3c(c1)OCO3)O2. The van der Waals surface area contributed by atoms with Crippen LogP contribution in [0, 0.1) is 0 Å². The molecule has 0 radical (unpaired) electrons. The van der Waals surface area contributed by atoms with Crippen molar-refractivity contribution in [3.05, 3.63) is 86.8 Å². The van der Waals surface area contributed by atoms with Gasteiger partial charge in [-0.3, -0.25) is 0 Å². The Morgan fingerprint density at radius 1 is 0.933 bits per heavy atom. The first-order valence-electron chi connectivity index (χ1n) is 9.63. The molecule has 0 saturated carbocycles.